The Bertz CT molecular complexity index is 887. The molecule has 0 bridgehead atoms. The van der Waals surface area contributed by atoms with Crippen LogP contribution in [0.2, 0.25) is 0 Å². The maximum Gasteiger partial charge on any atom is 0.358 e. The number of nitrogens with zero attached hydrogens (tertiary/aromatic N) is 1. The SMILES string of the molecule is COC(=O)c1[nH]c2c(c1OCC(O)CN1CCC(O)(c3ccccc3)CC1)CCCC2. The third-order valence-corrected chi connectivity index (χ3v) is 6.52. The van der Waals surface area contributed by atoms with E-state index in [0.29, 0.717) is 43.9 Å². The monoisotopic (exact) mass is 428 g/mol. The number of hydrogen-bond donors (Lipinski definition) is 3. The first kappa shape index (κ1) is 21.9. The smallest absolute Gasteiger partial charge is 0.358 e. The lowest BCUT2D eigenvalue weighted by molar-refractivity contribution is -0.0372. The maximum atomic E-state index is 12.2. The number of carbonyl (C=O) groups excluding carboxylic acids is 1. The molecular formula is C24H32N2O5. The van der Waals surface area contributed by atoms with Crippen molar-refractivity contribution in [3.63, 3.8) is 0 Å². The predicted molar refractivity (Wildman–Crippen MR) is 116 cm³/mol. The quantitative estimate of drug-likeness (QED) is 0.587. The number of likely N-dealkylation sites (tertiary alicyclic amines) is 1. The Hall–Kier alpha value is -2.35. The number of hydrogen-bond acceptors (Lipinski definition) is 6. The van der Waals surface area contributed by atoms with E-state index in [2.05, 4.69) is 9.88 Å². The Kier molecular flexibility index (Phi) is 6.65. The summed E-state index contributed by atoms with van der Waals surface area (Å²) < 4.78 is 10.8. The number of fused-ring (bicyclic) bond motifs is 1. The molecule has 0 radical (unpaired) electrons. The highest BCUT2D eigenvalue weighted by molar-refractivity contribution is 5.91. The topological polar surface area (TPSA) is 95.0 Å². The summed E-state index contributed by atoms with van der Waals surface area (Å²) in [6.45, 7) is 1.98. The summed E-state index contributed by atoms with van der Waals surface area (Å²) in [4.78, 5) is 17.5. The third kappa shape index (κ3) is 4.79. The minimum absolute atomic E-state index is 0.105. The van der Waals surface area contributed by atoms with Crippen LogP contribution < -0.4 is 4.74 Å². The van der Waals surface area contributed by atoms with Gasteiger partial charge in [0, 0.05) is 30.9 Å². The third-order valence-electron chi connectivity index (χ3n) is 6.52. The number of aliphatic hydroxyl groups excluding tert-OH is 1. The molecule has 31 heavy (non-hydrogen) atoms. The first-order valence-electron chi connectivity index (χ1n) is 11.1. The molecule has 2 aromatic rings. The molecule has 3 N–H and O–H groups in total. The van der Waals surface area contributed by atoms with Gasteiger partial charge in [0.1, 0.15) is 12.7 Å². The molecule has 7 heteroatoms. The van der Waals surface area contributed by atoms with Crippen molar-refractivity contribution >= 4 is 5.97 Å². The van der Waals surface area contributed by atoms with Crippen LogP contribution in [-0.4, -0.2) is 65.5 Å². The Labute approximate surface area is 183 Å². The molecule has 1 fully saturated rings. The Balaban J connectivity index is 1.33. The van der Waals surface area contributed by atoms with Gasteiger partial charge in [0.25, 0.3) is 0 Å². The number of aromatic amines is 1. The number of esters is 1. The van der Waals surface area contributed by atoms with Crippen LogP contribution in [0.5, 0.6) is 5.75 Å². The van der Waals surface area contributed by atoms with Crippen LogP contribution in [0.3, 0.4) is 0 Å². The Morgan fingerprint density at radius 3 is 2.61 bits per heavy atom. The number of H-pyrrole nitrogens is 1. The Morgan fingerprint density at radius 1 is 1.19 bits per heavy atom. The summed E-state index contributed by atoms with van der Waals surface area (Å²) in [5.41, 5.74) is 2.55. The van der Waals surface area contributed by atoms with Crippen LogP contribution in [0.15, 0.2) is 30.3 Å². The number of aromatic nitrogens is 1. The molecule has 0 amide bonds. The van der Waals surface area contributed by atoms with E-state index >= 15 is 0 Å². The van der Waals surface area contributed by atoms with Gasteiger partial charge >= 0.3 is 5.97 Å². The van der Waals surface area contributed by atoms with Gasteiger partial charge in [0.15, 0.2) is 11.4 Å². The fourth-order valence-corrected chi connectivity index (χ4v) is 4.73. The minimum atomic E-state index is -0.807. The van der Waals surface area contributed by atoms with Crippen molar-refractivity contribution in [3.8, 4) is 5.75 Å². The van der Waals surface area contributed by atoms with E-state index in [4.69, 9.17) is 9.47 Å². The van der Waals surface area contributed by atoms with Gasteiger partial charge in [-0.2, -0.15) is 0 Å². The summed E-state index contributed by atoms with van der Waals surface area (Å²) in [5.74, 6) is 0.0767. The zero-order valence-electron chi connectivity index (χ0n) is 18.1. The molecule has 1 aliphatic carbocycles. The number of methoxy groups -OCH3 is 1. The highest BCUT2D eigenvalue weighted by atomic mass is 16.5. The van der Waals surface area contributed by atoms with E-state index in [1.807, 2.05) is 30.3 Å². The fraction of sp³-hybridized carbons (Fsp3) is 0.542. The van der Waals surface area contributed by atoms with Crippen LogP contribution in [0.1, 0.15) is 53.0 Å². The predicted octanol–water partition coefficient (Wildman–Crippen LogP) is 2.40. The van der Waals surface area contributed by atoms with Gasteiger partial charge < -0.3 is 29.6 Å². The summed E-state index contributed by atoms with van der Waals surface area (Å²) in [7, 11) is 1.35. The van der Waals surface area contributed by atoms with Gasteiger partial charge in [0.2, 0.25) is 0 Å². The number of carbonyl (C=O) groups is 1. The van der Waals surface area contributed by atoms with Crippen LogP contribution >= 0.6 is 0 Å². The fourth-order valence-electron chi connectivity index (χ4n) is 4.73. The van der Waals surface area contributed by atoms with Gasteiger partial charge in [-0.3, -0.25) is 0 Å². The van der Waals surface area contributed by atoms with E-state index in [1.54, 1.807) is 0 Å². The molecule has 2 aliphatic rings. The summed E-state index contributed by atoms with van der Waals surface area (Å²) in [5, 5.41) is 21.6. The van der Waals surface area contributed by atoms with Crippen LogP contribution in [0.25, 0.3) is 0 Å². The second-order valence-corrected chi connectivity index (χ2v) is 8.65. The van der Waals surface area contributed by atoms with Crippen LogP contribution in [0, 0.1) is 0 Å². The van der Waals surface area contributed by atoms with Gasteiger partial charge in [0.05, 0.1) is 12.7 Å². The lowest BCUT2D eigenvalue weighted by Crippen LogP contribution is -2.46. The van der Waals surface area contributed by atoms with E-state index in [1.165, 1.54) is 7.11 Å². The molecule has 168 valence electrons. The Morgan fingerprint density at radius 2 is 1.90 bits per heavy atom. The highest BCUT2D eigenvalue weighted by Crippen LogP contribution is 2.34. The van der Waals surface area contributed by atoms with E-state index in [-0.39, 0.29) is 6.61 Å². The minimum Gasteiger partial charge on any atom is -0.488 e. The molecule has 1 aromatic heterocycles. The van der Waals surface area contributed by atoms with E-state index in [0.717, 1.165) is 42.5 Å². The zero-order valence-corrected chi connectivity index (χ0v) is 18.1. The number of nitrogens with one attached hydrogen (secondary N) is 1. The number of ether oxygens (including phenoxy) is 2. The largest absolute Gasteiger partial charge is 0.488 e. The molecule has 0 spiro atoms. The van der Waals surface area contributed by atoms with Crippen molar-refractivity contribution in [2.24, 2.45) is 0 Å². The first-order chi connectivity index (χ1) is 15.0. The van der Waals surface area contributed by atoms with Crippen LogP contribution in [-0.2, 0) is 23.2 Å². The summed E-state index contributed by atoms with van der Waals surface area (Å²) in [6, 6.07) is 9.78. The molecule has 1 unspecified atom stereocenters. The van der Waals surface area contributed by atoms with Gasteiger partial charge in [-0.25, -0.2) is 4.79 Å². The maximum absolute atomic E-state index is 12.2. The lowest BCUT2D eigenvalue weighted by atomic mass is 9.84. The van der Waals surface area contributed by atoms with Gasteiger partial charge in [-0.15, -0.1) is 0 Å². The van der Waals surface area contributed by atoms with Crippen molar-refractivity contribution in [2.45, 2.75) is 50.2 Å². The molecule has 1 aromatic carbocycles. The van der Waals surface area contributed by atoms with Crippen LogP contribution in [0.4, 0.5) is 0 Å². The number of rotatable bonds is 7. The van der Waals surface area contributed by atoms with Crippen molar-refractivity contribution in [1.29, 1.82) is 0 Å². The van der Waals surface area contributed by atoms with Gasteiger partial charge in [-0.05, 0) is 44.1 Å². The second-order valence-electron chi connectivity index (χ2n) is 8.65. The van der Waals surface area contributed by atoms with Crippen molar-refractivity contribution in [3.05, 3.63) is 52.8 Å². The average molecular weight is 429 g/mol. The molecule has 1 saturated heterocycles. The van der Waals surface area contributed by atoms with E-state index < -0.39 is 17.7 Å². The molecule has 2 heterocycles. The molecule has 4 rings (SSSR count). The normalized spacial score (nSPS) is 19.5. The number of β-amino-alcohol motifs (C(OH)–C–C–N with tert-alkyl or cyclic N) is 1. The van der Waals surface area contributed by atoms with Gasteiger partial charge in [-0.1, -0.05) is 30.3 Å². The number of benzene rings is 1. The molecule has 0 saturated carbocycles. The highest BCUT2D eigenvalue weighted by Gasteiger charge is 2.34. The van der Waals surface area contributed by atoms with E-state index in [9.17, 15) is 15.0 Å². The number of aryl methyl sites for hydroxylation is 1. The molecular weight excluding hydrogens is 396 g/mol. The lowest BCUT2D eigenvalue weighted by Gasteiger charge is -2.39. The molecule has 7 nitrogen and oxygen atoms in total. The number of aliphatic hydroxyl groups is 2. The van der Waals surface area contributed by atoms with Crippen molar-refractivity contribution in [2.75, 3.05) is 33.4 Å². The molecule has 1 aliphatic heterocycles. The first-order valence-corrected chi connectivity index (χ1v) is 11.1. The second kappa shape index (κ2) is 9.42. The molecule has 1 atom stereocenters. The summed E-state index contributed by atoms with van der Waals surface area (Å²) in [6.07, 6.45) is 4.46. The van der Waals surface area contributed by atoms with Crippen molar-refractivity contribution < 1.29 is 24.5 Å². The number of piperidine rings is 1. The summed E-state index contributed by atoms with van der Waals surface area (Å²) >= 11 is 0. The van der Waals surface area contributed by atoms with Crippen molar-refractivity contribution in [1.82, 2.24) is 9.88 Å². The zero-order chi connectivity index (χ0) is 21.8. The average Bonchev–Trinajstić information content (AvgIpc) is 3.18. The standard InChI is InChI=1S/C24H32N2O5/c1-30-23(28)21-22(19-9-5-6-10-20(19)25-21)31-16-18(27)15-26-13-11-24(29,12-14-26)17-7-3-2-4-8-17/h2-4,7-8,18,25,27,29H,5-6,9-16H2,1H3.